The molecule has 0 aliphatic carbocycles. The highest BCUT2D eigenvalue weighted by atomic mass is 19.3. The average molecular weight is 241 g/mol. The maximum atomic E-state index is 12.0. The molecular weight excluding hydrogens is 224 g/mol. The minimum atomic E-state index is -2.42. The summed E-state index contributed by atoms with van der Waals surface area (Å²) in [6.07, 6.45) is 1.18. The molecule has 94 valence electrons. The van der Waals surface area contributed by atoms with Crippen LogP contribution in [0.25, 0.3) is 0 Å². The van der Waals surface area contributed by atoms with E-state index in [2.05, 4.69) is 5.32 Å². The lowest BCUT2D eigenvalue weighted by Gasteiger charge is -2.23. The predicted octanol–water partition coefficient (Wildman–Crippen LogP) is 3.15. The molecule has 2 rings (SSSR count). The zero-order valence-corrected chi connectivity index (χ0v) is 9.66. The molecule has 17 heavy (non-hydrogen) atoms. The fourth-order valence-corrected chi connectivity index (χ4v) is 2.09. The van der Waals surface area contributed by atoms with E-state index in [1.807, 2.05) is 12.1 Å². The molecule has 1 saturated heterocycles. The second-order valence-corrected chi connectivity index (χ2v) is 4.27. The first-order valence-electron chi connectivity index (χ1n) is 6.00. The Labute approximate surface area is 100.0 Å². The van der Waals surface area contributed by atoms with Crippen molar-refractivity contribution in [2.45, 2.75) is 31.7 Å². The SMILES string of the molecule is FC(F)COc1ccc(C2CCCCN2)cc1. The molecule has 0 spiro atoms. The average Bonchev–Trinajstić information content (AvgIpc) is 2.38. The van der Waals surface area contributed by atoms with Gasteiger partial charge in [0.15, 0.2) is 0 Å². The van der Waals surface area contributed by atoms with Crippen molar-refractivity contribution in [1.29, 1.82) is 0 Å². The molecule has 0 amide bonds. The fraction of sp³-hybridized carbons (Fsp3) is 0.538. The Bertz CT molecular complexity index is 334. The highest BCUT2D eigenvalue weighted by Gasteiger charge is 2.14. The van der Waals surface area contributed by atoms with Crippen LogP contribution in [0.15, 0.2) is 24.3 Å². The van der Waals surface area contributed by atoms with Gasteiger partial charge in [0.05, 0.1) is 0 Å². The van der Waals surface area contributed by atoms with Crippen LogP contribution in [-0.2, 0) is 0 Å². The number of hydrogen-bond acceptors (Lipinski definition) is 2. The number of alkyl halides is 2. The second kappa shape index (κ2) is 5.96. The summed E-state index contributed by atoms with van der Waals surface area (Å²) in [5.41, 5.74) is 1.20. The van der Waals surface area contributed by atoms with Gasteiger partial charge in [-0.3, -0.25) is 0 Å². The Morgan fingerprint density at radius 2 is 2.00 bits per heavy atom. The van der Waals surface area contributed by atoms with Gasteiger partial charge in [-0.15, -0.1) is 0 Å². The number of nitrogens with one attached hydrogen (secondary N) is 1. The second-order valence-electron chi connectivity index (χ2n) is 4.27. The van der Waals surface area contributed by atoms with Crippen molar-refractivity contribution in [3.63, 3.8) is 0 Å². The first-order chi connectivity index (χ1) is 8.25. The summed E-state index contributed by atoms with van der Waals surface area (Å²) in [6, 6.07) is 7.81. The summed E-state index contributed by atoms with van der Waals surface area (Å²) in [5.74, 6) is 0.504. The Morgan fingerprint density at radius 1 is 1.24 bits per heavy atom. The molecule has 1 atom stereocenters. The third kappa shape index (κ3) is 3.66. The number of hydrogen-bond donors (Lipinski definition) is 1. The predicted molar refractivity (Wildman–Crippen MR) is 62.5 cm³/mol. The highest BCUT2D eigenvalue weighted by Crippen LogP contribution is 2.24. The molecule has 1 aliphatic heterocycles. The van der Waals surface area contributed by atoms with E-state index in [1.54, 1.807) is 12.1 Å². The van der Waals surface area contributed by atoms with Crippen LogP contribution in [-0.4, -0.2) is 19.6 Å². The van der Waals surface area contributed by atoms with E-state index in [0.29, 0.717) is 11.8 Å². The third-order valence-electron chi connectivity index (χ3n) is 2.97. The number of ether oxygens (including phenoxy) is 1. The van der Waals surface area contributed by atoms with Crippen LogP contribution in [0.1, 0.15) is 30.9 Å². The topological polar surface area (TPSA) is 21.3 Å². The molecule has 0 bridgehead atoms. The standard InChI is InChI=1S/C13H17F2NO/c14-13(15)9-17-11-6-4-10(5-7-11)12-3-1-2-8-16-12/h4-7,12-13,16H,1-3,8-9H2. The molecule has 0 radical (unpaired) electrons. The summed E-state index contributed by atoms with van der Waals surface area (Å²) in [6.45, 7) is 0.509. The molecular formula is C13H17F2NO. The number of rotatable bonds is 4. The smallest absolute Gasteiger partial charge is 0.272 e. The summed E-state index contributed by atoms with van der Waals surface area (Å²) >= 11 is 0. The van der Waals surface area contributed by atoms with Gasteiger partial charge in [0.1, 0.15) is 12.4 Å². The molecule has 1 aliphatic rings. The van der Waals surface area contributed by atoms with Crippen LogP contribution in [0.3, 0.4) is 0 Å². The van der Waals surface area contributed by atoms with Gasteiger partial charge in [0, 0.05) is 6.04 Å². The zero-order valence-electron chi connectivity index (χ0n) is 9.66. The van der Waals surface area contributed by atoms with Crippen molar-refractivity contribution in [2.75, 3.05) is 13.2 Å². The molecule has 1 aromatic carbocycles. The van der Waals surface area contributed by atoms with Crippen LogP contribution in [0.2, 0.25) is 0 Å². The van der Waals surface area contributed by atoms with Gasteiger partial charge >= 0.3 is 0 Å². The van der Waals surface area contributed by atoms with Crippen molar-refractivity contribution >= 4 is 0 Å². The molecule has 0 saturated carbocycles. The molecule has 2 nitrogen and oxygen atoms in total. The van der Waals surface area contributed by atoms with E-state index in [9.17, 15) is 8.78 Å². The van der Waals surface area contributed by atoms with Crippen molar-refractivity contribution in [3.8, 4) is 5.75 Å². The van der Waals surface area contributed by atoms with Gasteiger partial charge in [-0.1, -0.05) is 18.6 Å². The van der Waals surface area contributed by atoms with Crippen molar-refractivity contribution < 1.29 is 13.5 Å². The summed E-state index contributed by atoms with van der Waals surface area (Å²) < 4.78 is 28.9. The Kier molecular flexibility index (Phi) is 4.31. The van der Waals surface area contributed by atoms with Crippen molar-refractivity contribution in [1.82, 2.24) is 5.32 Å². The van der Waals surface area contributed by atoms with E-state index in [1.165, 1.54) is 18.4 Å². The van der Waals surface area contributed by atoms with E-state index >= 15 is 0 Å². The molecule has 1 heterocycles. The van der Waals surface area contributed by atoms with Gasteiger partial charge in [0.25, 0.3) is 6.43 Å². The number of benzene rings is 1. The Morgan fingerprint density at radius 3 is 2.59 bits per heavy atom. The lowest BCUT2D eigenvalue weighted by atomic mass is 9.98. The number of piperidine rings is 1. The first-order valence-corrected chi connectivity index (χ1v) is 6.00. The molecule has 1 aromatic rings. The van der Waals surface area contributed by atoms with Crippen LogP contribution >= 0.6 is 0 Å². The highest BCUT2D eigenvalue weighted by molar-refractivity contribution is 5.29. The first kappa shape index (κ1) is 12.3. The molecule has 4 heteroatoms. The minimum absolute atomic E-state index is 0.396. The van der Waals surface area contributed by atoms with Crippen molar-refractivity contribution in [3.05, 3.63) is 29.8 Å². The quantitative estimate of drug-likeness (QED) is 0.874. The normalized spacial score (nSPS) is 20.5. The fourth-order valence-electron chi connectivity index (χ4n) is 2.09. The lowest BCUT2D eigenvalue weighted by Crippen LogP contribution is -2.26. The number of halogens is 2. The lowest BCUT2D eigenvalue weighted by molar-refractivity contribution is 0.0819. The van der Waals surface area contributed by atoms with Crippen LogP contribution in [0.4, 0.5) is 8.78 Å². The van der Waals surface area contributed by atoms with Gasteiger partial charge < -0.3 is 10.1 Å². The van der Waals surface area contributed by atoms with E-state index < -0.39 is 13.0 Å². The maximum absolute atomic E-state index is 12.0. The van der Waals surface area contributed by atoms with E-state index in [4.69, 9.17) is 4.74 Å². The third-order valence-corrected chi connectivity index (χ3v) is 2.97. The Hall–Kier alpha value is -1.16. The van der Waals surface area contributed by atoms with E-state index in [0.717, 1.165) is 13.0 Å². The zero-order chi connectivity index (χ0) is 12.1. The van der Waals surface area contributed by atoms with Crippen LogP contribution in [0.5, 0.6) is 5.75 Å². The van der Waals surface area contributed by atoms with Gasteiger partial charge in [0.2, 0.25) is 0 Å². The van der Waals surface area contributed by atoms with Crippen LogP contribution in [0, 0.1) is 0 Å². The molecule has 1 fully saturated rings. The van der Waals surface area contributed by atoms with Crippen molar-refractivity contribution in [2.24, 2.45) is 0 Å². The summed E-state index contributed by atoms with van der Waals surface area (Å²) in [4.78, 5) is 0. The maximum Gasteiger partial charge on any atom is 0.272 e. The van der Waals surface area contributed by atoms with Crippen LogP contribution < -0.4 is 10.1 Å². The monoisotopic (exact) mass is 241 g/mol. The van der Waals surface area contributed by atoms with E-state index in [-0.39, 0.29) is 0 Å². The minimum Gasteiger partial charge on any atom is -0.488 e. The van der Waals surface area contributed by atoms with Gasteiger partial charge in [-0.05, 0) is 37.1 Å². The molecule has 0 aromatic heterocycles. The summed E-state index contributed by atoms with van der Waals surface area (Å²) in [5, 5.41) is 3.44. The molecule has 1 unspecified atom stereocenters. The van der Waals surface area contributed by atoms with Gasteiger partial charge in [-0.25, -0.2) is 8.78 Å². The largest absolute Gasteiger partial charge is 0.488 e. The Balaban J connectivity index is 1.92. The summed E-state index contributed by atoms with van der Waals surface area (Å²) in [7, 11) is 0. The molecule has 1 N–H and O–H groups in total. The van der Waals surface area contributed by atoms with Gasteiger partial charge in [-0.2, -0.15) is 0 Å².